The third-order valence-corrected chi connectivity index (χ3v) is 4.66. The zero-order valence-electron chi connectivity index (χ0n) is 14.4. The van der Waals surface area contributed by atoms with Crippen LogP contribution in [0.3, 0.4) is 0 Å². The van der Waals surface area contributed by atoms with Gasteiger partial charge < -0.3 is 10.1 Å². The molecule has 1 amide bonds. The highest BCUT2D eigenvalue weighted by Crippen LogP contribution is 2.34. The summed E-state index contributed by atoms with van der Waals surface area (Å²) in [6.45, 7) is 5.61. The molecule has 2 N–H and O–H groups in total. The van der Waals surface area contributed by atoms with Gasteiger partial charge in [-0.1, -0.05) is 18.9 Å². The molecule has 23 heavy (non-hydrogen) atoms. The Hall–Kier alpha value is -1.55. The van der Waals surface area contributed by atoms with E-state index in [9.17, 15) is 4.79 Å². The summed E-state index contributed by atoms with van der Waals surface area (Å²) in [6, 6.07) is 7.39. The van der Waals surface area contributed by atoms with Gasteiger partial charge in [-0.2, -0.15) is 0 Å². The average Bonchev–Trinajstić information content (AvgIpc) is 3.07. The molecule has 3 rings (SSSR count). The van der Waals surface area contributed by atoms with Gasteiger partial charge in [-0.25, -0.2) is 4.79 Å². The van der Waals surface area contributed by atoms with Crippen LogP contribution in [-0.4, -0.2) is 17.7 Å². The molecule has 2 aliphatic rings. The molecule has 0 spiro atoms. The monoisotopic (exact) mass is 316 g/mol. The van der Waals surface area contributed by atoms with Crippen molar-refractivity contribution < 1.29 is 9.53 Å². The Morgan fingerprint density at radius 3 is 2.61 bits per heavy atom. The molecule has 0 bridgehead atoms. The van der Waals surface area contributed by atoms with Crippen molar-refractivity contribution in [1.29, 1.82) is 0 Å². The minimum atomic E-state index is -0.475. The van der Waals surface area contributed by atoms with Crippen LogP contribution in [0, 0.1) is 0 Å². The Kier molecular flexibility index (Phi) is 4.62. The Morgan fingerprint density at radius 2 is 1.91 bits per heavy atom. The number of aryl methyl sites for hydroxylation is 1. The maximum atomic E-state index is 11.9. The molecule has 0 saturated heterocycles. The molecule has 0 heterocycles. The second-order valence-corrected chi connectivity index (χ2v) is 7.78. The summed E-state index contributed by atoms with van der Waals surface area (Å²) in [6.07, 6.45) is 7.17. The van der Waals surface area contributed by atoms with E-state index in [0.717, 1.165) is 18.5 Å². The lowest BCUT2D eigenvalue weighted by atomic mass is 10.1. The van der Waals surface area contributed by atoms with E-state index in [0.29, 0.717) is 12.1 Å². The number of fused-ring (bicyclic) bond motifs is 1. The van der Waals surface area contributed by atoms with Gasteiger partial charge >= 0.3 is 6.09 Å². The Labute approximate surface area is 139 Å². The largest absolute Gasteiger partial charge is 0.444 e. The number of hydrogen-bond donors (Lipinski definition) is 2. The molecule has 0 radical (unpaired) electrons. The standard InChI is InChI=1S/C19H28N2O2/c1-19(2,3)23-18(22)21-15-9-10-16-13(12-15)8-11-17(16)20-14-6-4-5-7-14/h9-10,12,14,17,20H,4-8,11H2,1-3H3,(H,21,22). The topological polar surface area (TPSA) is 50.4 Å². The fourth-order valence-electron chi connectivity index (χ4n) is 3.67. The van der Waals surface area contributed by atoms with Crippen LogP contribution in [0.5, 0.6) is 0 Å². The van der Waals surface area contributed by atoms with E-state index in [1.165, 1.54) is 36.8 Å². The number of hydrogen-bond acceptors (Lipinski definition) is 3. The van der Waals surface area contributed by atoms with Gasteiger partial charge in [0.2, 0.25) is 0 Å². The van der Waals surface area contributed by atoms with Gasteiger partial charge in [0, 0.05) is 17.8 Å². The Morgan fingerprint density at radius 1 is 1.17 bits per heavy atom. The predicted molar refractivity (Wildman–Crippen MR) is 92.8 cm³/mol. The molecule has 4 nitrogen and oxygen atoms in total. The molecule has 1 atom stereocenters. The normalized spacial score (nSPS) is 21.3. The molecule has 2 aliphatic carbocycles. The number of nitrogens with one attached hydrogen (secondary N) is 2. The zero-order chi connectivity index (χ0) is 16.4. The lowest BCUT2D eigenvalue weighted by molar-refractivity contribution is 0.0636. The number of amides is 1. The highest BCUT2D eigenvalue weighted by Gasteiger charge is 2.26. The van der Waals surface area contributed by atoms with Crippen molar-refractivity contribution in [3.05, 3.63) is 29.3 Å². The fraction of sp³-hybridized carbons (Fsp3) is 0.632. The van der Waals surface area contributed by atoms with Gasteiger partial charge in [0.1, 0.15) is 5.60 Å². The van der Waals surface area contributed by atoms with Gasteiger partial charge in [-0.3, -0.25) is 5.32 Å². The second kappa shape index (κ2) is 6.52. The molecule has 4 heteroatoms. The summed E-state index contributed by atoms with van der Waals surface area (Å²) in [5.74, 6) is 0. The predicted octanol–water partition coefficient (Wildman–Crippen LogP) is 4.55. The summed E-state index contributed by atoms with van der Waals surface area (Å²) in [5, 5.41) is 6.65. The summed E-state index contributed by atoms with van der Waals surface area (Å²) >= 11 is 0. The van der Waals surface area contributed by atoms with Crippen molar-refractivity contribution in [2.45, 2.75) is 77.0 Å². The van der Waals surface area contributed by atoms with Gasteiger partial charge in [0.15, 0.2) is 0 Å². The van der Waals surface area contributed by atoms with E-state index < -0.39 is 11.7 Å². The lowest BCUT2D eigenvalue weighted by Gasteiger charge is -2.21. The SMILES string of the molecule is CC(C)(C)OC(=O)Nc1ccc2c(c1)CCC2NC1CCCC1. The van der Waals surface area contributed by atoms with Gasteiger partial charge in [0.25, 0.3) is 0 Å². The van der Waals surface area contributed by atoms with E-state index in [-0.39, 0.29) is 0 Å². The number of carbonyl (C=O) groups excluding carboxylic acids is 1. The van der Waals surface area contributed by atoms with Crippen LogP contribution in [0.2, 0.25) is 0 Å². The van der Waals surface area contributed by atoms with E-state index >= 15 is 0 Å². The first-order valence-corrected chi connectivity index (χ1v) is 8.79. The van der Waals surface area contributed by atoms with Crippen LogP contribution in [0.1, 0.15) is 70.0 Å². The highest BCUT2D eigenvalue weighted by atomic mass is 16.6. The maximum Gasteiger partial charge on any atom is 0.412 e. The molecule has 1 saturated carbocycles. The molecule has 0 aromatic heterocycles. The van der Waals surface area contributed by atoms with Gasteiger partial charge in [0.05, 0.1) is 0 Å². The molecule has 1 aromatic carbocycles. The van der Waals surface area contributed by atoms with Crippen molar-refractivity contribution >= 4 is 11.8 Å². The van der Waals surface area contributed by atoms with E-state index in [1.807, 2.05) is 26.8 Å². The molecule has 0 aliphatic heterocycles. The van der Waals surface area contributed by atoms with Gasteiger partial charge in [-0.05, 0) is 69.7 Å². The van der Waals surface area contributed by atoms with Crippen LogP contribution < -0.4 is 10.6 Å². The summed E-state index contributed by atoms with van der Waals surface area (Å²) in [7, 11) is 0. The smallest absolute Gasteiger partial charge is 0.412 e. The Bertz CT molecular complexity index is 571. The van der Waals surface area contributed by atoms with Crippen LogP contribution in [0.25, 0.3) is 0 Å². The summed E-state index contributed by atoms with van der Waals surface area (Å²) in [5.41, 5.74) is 3.08. The first kappa shape index (κ1) is 16.3. The van der Waals surface area contributed by atoms with Crippen LogP contribution in [0.15, 0.2) is 18.2 Å². The number of ether oxygens (including phenoxy) is 1. The highest BCUT2D eigenvalue weighted by molar-refractivity contribution is 5.85. The summed E-state index contributed by atoms with van der Waals surface area (Å²) in [4.78, 5) is 11.9. The van der Waals surface area contributed by atoms with Crippen LogP contribution in [0.4, 0.5) is 10.5 Å². The van der Waals surface area contributed by atoms with Crippen LogP contribution >= 0.6 is 0 Å². The third-order valence-electron chi connectivity index (χ3n) is 4.66. The maximum absolute atomic E-state index is 11.9. The van der Waals surface area contributed by atoms with Gasteiger partial charge in [-0.15, -0.1) is 0 Å². The lowest BCUT2D eigenvalue weighted by Crippen LogP contribution is -2.29. The molecule has 1 aromatic rings. The number of anilines is 1. The van der Waals surface area contributed by atoms with E-state index in [1.54, 1.807) is 0 Å². The number of carbonyl (C=O) groups is 1. The molecular formula is C19H28N2O2. The van der Waals surface area contributed by atoms with E-state index in [2.05, 4.69) is 22.8 Å². The van der Waals surface area contributed by atoms with Crippen LogP contribution in [-0.2, 0) is 11.2 Å². The summed E-state index contributed by atoms with van der Waals surface area (Å²) < 4.78 is 5.31. The first-order chi connectivity index (χ1) is 10.9. The van der Waals surface area contributed by atoms with Crippen molar-refractivity contribution in [3.8, 4) is 0 Å². The second-order valence-electron chi connectivity index (χ2n) is 7.78. The first-order valence-electron chi connectivity index (χ1n) is 8.79. The molecule has 126 valence electrons. The Balaban J connectivity index is 1.63. The zero-order valence-corrected chi connectivity index (χ0v) is 14.4. The quantitative estimate of drug-likeness (QED) is 0.860. The third kappa shape index (κ3) is 4.25. The van der Waals surface area contributed by atoms with E-state index in [4.69, 9.17) is 4.74 Å². The number of rotatable bonds is 3. The minimum Gasteiger partial charge on any atom is -0.444 e. The van der Waals surface area contributed by atoms with Crippen molar-refractivity contribution in [2.75, 3.05) is 5.32 Å². The average molecular weight is 316 g/mol. The number of benzene rings is 1. The van der Waals surface area contributed by atoms with Crippen molar-refractivity contribution in [3.63, 3.8) is 0 Å². The molecule has 1 fully saturated rings. The molecular weight excluding hydrogens is 288 g/mol. The minimum absolute atomic E-state index is 0.393. The fourth-order valence-corrected chi connectivity index (χ4v) is 3.67. The van der Waals surface area contributed by atoms with Crippen molar-refractivity contribution in [2.24, 2.45) is 0 Å². The molecule has 1 unspecified atom stereocenters. The van der Waals surface area contributed by atoms with Crippen molar-refractivity contribution in [1.82, 2.24) is 5.32 Å².